The maximum Gasteiger partial charge on any atom is 0.0718 e. The molecular weight excluding hydrogens is 194 g/mol. The minimum Gasteiger partial charge on any atom is -0.389 e. The highest BCUT2D eigenvalue weighted by Crippen LogP contribution is 2.42. The predicted molar refractivity (Wildman–Crippen MR) is 63.9 cm³/mol. The summed E-state index contributed by atoms with van der Waals surface area (Å²) in [6.07, 6.45) is 3.94. The zero-order valence-electron chi connectivity index (χ0n) is 9.58. The Morgan fingerprint density at radius 2 is 2.00 bits per heavy atom. The minimum absolute atomic E-state index is 0.434. The fraction of sp³-hybridized carbons (Fsp3) is 1.00. The lowest BCUT2D eigenvalue weighted by molar-refractivity contribution is 0.0195. The lowest BCUT2D eigenvalue weighted by Gasteiger charge is -2.44. The molecule has 0 aromatic carbocycles. The van der Waals surface area contributed by atoms with Gasteiger partial charge in [0, 0.05) is 13.1 Å². The topological polar surface area (TPSA) is 23.5 Å². The molecule has 0 amide bonds. The van der Waals surface area contributed by atoms with Gasteiger partial charge >= 0.3 is 0 Å². The zero-order chi connectivity index (χ0) is 10.8. The molecule has 1 aliphatic carbocycles. The Labute approximate surface area is 93.1 Å². The first kappa shape index (κ1) is 12.3. The normalized spacial score (nSPS) is 21.0. The van der Waals surface area contributed by atoms with E-state index in [9.17, 15) is 5.11 Å². The number of rotatable bonds is 5. The molecule has 3 heteroatoms. The van der Waals surface area contributed by atoms with E-state index in [0.29, 0.717) is 5.41 Å². The third-order valence-electron chi connectivity index (χ3n) is 3.01. The van der Waals surface area contributed by atoms with E-state index in [1.807, 2.05) is 13.8 Å². The largest absolute Gasteiger partial charge is 0.389 e. The van der Waals surface area contributed by atoms with Crippen LogP contribution < -0.4 is 0 Å². The summed E-state index contributed by atoms with van der Waals surface area (Å²) in [7, 11) is 2.08. The van der Waals surface area contributed by atoms with Crippen molar-refractivity contribution in [3.8, 4) is 0 Å². The second kappa shape index (κ2) is 4.42. The molecule has 1 aliphatic rings. The molecule has 1 rings (SSSR count). The summed E-state index contributed by atoms with van der Waals surface area (Å²) in [4.78, 5) is 2.23. The molecule has 0 aromatic heterocycles. The van der Waals surface area contributed by atoms with Gasteiger partial charge in [0.1, 0.15) is 0 Å². The van der Waals surface area contributed by atoms with Crippen LogP contribution in [0, 0.1) is 5.41 Å². The van der Waals surface area contributed by atoms with Gasteiger partial charge in [-0.2, -0.15) is 12.6 Å². The van der Waals surface area contributed by atoms with E-state index in [4.69, 9.17) is 0 Å². The van der Waals surface area contributed by atoms with Crippen LogP contribution in [0.3, 0.4) is 0 Å². The SMILES string of the molecule is CN(CC(C)(C)O)CC1(CS)CCC1. The average molecular weight is 217 g/mol. The van der Waals surface area contributed by atoms with E-state index in [-0.39, 0.29) is 0 Å². The molecular formula is C11H23NOS. The molecule has 0 heterocycles. The maximum atomic E-state index is 9.69. The Kier molecular flexibility index (Phi) is 3.89. The van der Waals surface area contributed by atoms with Gasteiger partial charge < -0.3 is 10.0 Å². The van der Waals surface area contributed by atoms with E-state index in [1.165, 1.54) is 19.3 Å². The monoisotopic (exact) mass is 217 g/mol. The third kappa shape index (κ3) is 3.44. The van der Waals surface area contributed by atoms with Crippen LogP contribution in [0.2, 0.25) is 0 Å². The van der Waals surface area contributed by atoms with E-state index >= 15 is 0 Å². The molecule has 0 radical (unpaired) electrons. The van der Waals surface area contributed by atoms with Gasteiger partial charge in [0.25, 0.3) is 0 Å². The summed E-state index contributed by atoms with van der Waals surface area (Å²) in [5, 5.41) is 9.69. The third-order valence-corrected chi connectivity index (χ3v) is 3.68. The van der Waals surface area contributed by atoms with Crippen molar-refractivity contribution in [2.75, 3.05) is 25.9 Å². The fourth-order valence-electron chi connectivity index (χ4n) is 2.33. The van der Waals surface area contributed by atoms with Crippen molar-refractivity contribution in [3.05, 3.63) is 0 Å². The summed E-state index contributed by atoms with van der Waals surface area (Å²) in [5.74, 6) is 0.975. The van der Waals surface area contributed by atoms with E-state index in [0.717, 1.165) is 18.8 Å². The van der Waals surface area contributed by atoms with E-state index in [1.54, 1.807) is 0 Å². The minimum atomic E-state index is -0.587. The molecule has 0 unspecified atom stereocenters. The van der Waals surface area contributed by atoms with Crippen molar-refractivity contribution in [1.82, 2.24) is 4.90 Å². The van der Waals surface area contributed by atoms with Crippen LogP contribution in [-0.4, -0.2) is 41.5 Å². The van der Waals surface area contributed by atoms with Crippen LogP contribution in [0.25, 0.3) is 0 Å². The van der Waals surface area contributed by atoms with Crippen LogP contribution in [0.15, 0.2) is 0 Å². The van der Waals surface area contributed by atoms with Crippen LogP contribution in [0.5, 0.6) is 0 Å². The molecule has 0 bridgehead atoms. The summed E-state index contributed by atoms with van der Waals surface area (Å²) in [5.41, 5.74) is -0.153. The van der Waals surface area contributed by atoms with Gasteiger partial charge in [-0.3, -0.25) is 0 Å². The fourth-order valence-corrected chi connectivity index (χ4v) is 2.75. The highest BCUT2D eigenvalue weighted by atomic mass is 32.1. The molecule has 0 saturated heterocycles. The lowest BCUT2D eigenvalue weighted by atomic mass is 9.70. The van der Waals surface area contributed by atoms with Crippen LogP contribution >= 0.6 is 12.6 Å². The van der Waals surface area contributed by atoms with Crippen LogP contribution in [0.4, 0.5) is 0 Å². The van der Waals surface area contributed by atoms with Gasteiger partial charge in [0.05, 0.1) is 5.60 Å². The Morgan fingerprint density at radius 1 is 1.43 bits per heavy atom. The number of thiol groups is 1. The van der Waals surface area contributed by atoms with Crippen molar-refractivity contribution in [3.63, 3.8) is 0 Å². The smallest absolute Gasteiger partial charge is 0.0718 e. The number of likely N-dealkylation sites (N-methyl/N-ethyl adjacent to an activating group) is 1. The van der Waals surface area contributed by atoms with Crippen LogP contribution in [-0.2, 0) is 0 Å². The number of aliphatic hydroxyl groups is 1. The van der Waals surface area contributed by atoms with Crippen molar-refractivity contribution < 1.29 is 5.11 Å². The Hall–Kier alpha value is 0.270. The van der Waals surface area contributed by atoms with Gasteiger partial charge in [-0.15, -0.1) is 0 Å². The first-order chi connectivity index (χ1) is 6.37. The Morgan fingerprint density at radius 3 is 2.29 bits per heavy atom. The first-order valence-corrected chi connectivity index (χ1v) is 6.02. The van der Waals surface area contributed by atoms with Gasteiger partial charge in [-0.25, -0.2) is 0 Å². The quantitative estimate of drug-likeness (QED) is 0.686. The Balaban J connectivity index is 2.36. The molecule has 0 aromatic rings. The van der Waals surface area contributed by atoms with Crippen molar-refractivity contribution >= 4 is 12.6 Å². The van der Waals surface area contributed by atoms with E-state index in [2.05, 4.69) is 24.6 Å². The standard InChI is InChI=1S/C11H23NOS/c1-10(2,13)7-12(3)8-11(9-14)5-4-6-11/h13-14H,4-9H2,1-3H3. The number of hydrogen-bond donors (Lipinski definition) is 2. The van der Waals surface area contributed by atoms with Crippen molar-refractivity contribution in [1.29, 1.82) is 0 Å². The Bertz CT molecular complexity index is 179. The van der Waals surface area contributed by atoms with Gasteiger partial charge in [0.2, 0.25) is 0 Å². The summed E-state index contributed by atoms with van der Waals surface area (Å²) in [6, 6.07) is 0. The predicted octanol–water partition coefficient (Wildman–Crippen LogP) is 1.79. The van der Waals surface area contributed by atoms with Crippen LogP contribution in [0.1, 0.15) is 33.1 Å². The average Bonchev–Trinajstić information content (AvgIpc) is 1.93. The highest BCUT2D eigenvalue weighted by molar-refractivity contribution is 7.80. The lowest BCUT2D eigenvalue weighted by Crippen LogP contribution is -2.46. The van der Waals surface area contributed by atoms with E-state index < -0.39 is 5.60 Å². The molecule has 0 atom stereocenters. The molecule has 14 heavy (non-hydrogen) atoms. The second-order valence-corrected chi connectivity index (χ2v) is 5.81. The summed E-state index contributed by atoms with van der Waals surface area (Å²) < 4.78 is 0. The number of nitrogens with zero attached hydrogens (tertiary/aromatic N) is 1. The number of hydrogen-bond acceptors (Lipinski definition) is 3. The summed E-state index contributed by atoms with van der Waals surface area (Å²) in [6.45, 7) is 5.53. The van der Waals surface area contributed by atoms with Gasteiger partial charge in [-0.1, -0.05) is 6.42 Å². The molecule has 2 nitrogen and oxygen atoms in total. The van der Waals surface area contributed by atoms with Gasteiger partial charge in [0.15, 0.2) is 0 Å². The maximum absolute atomic E-state index is 9.69. The zero-order valence-corrected chi connectivity index (χ0v) is 10.5. The molecule has 1 fully saturated rings. The second-order valence-electron chi connectivity index (χ2n) is 5.50. The molecule has 0 aliphatic heterocycles. The molecule has 0 spiro atoms. The molecule has 84 valence electrons. The van der Waals surface area contributed by atoms with Gasteiger partial charge in [-0.05, 0) is 44.9 Å². The van der Waals surface area contributed by atoms with Crippen molar-refractivity contribution in [2.24, 2.45) is 5.41 Å². The summed E-state index contributed by atoms with van der Waals surface area (Å²) >= 11 is 4.43. The highest BCUT2D eigenvalue weighted by Gasteiger charge is 2.36. The molecule has 1 N–H and O–H groups in total. The first-order valence-electron chi connectivity index (χ1n) is 5.39. The van der Waals surface area contributed by atoms with Crippen molar-refractivity contribution in [2.45, 2.75) is 38.7 Å². The molecule has 1 saturated carbocycles.